The second kappa shape index (κ2) is 6.54. The van der Waals surface area contributed by atoms with Crippen molar-refractivity contribution in [2.24, 2.45) is 0 Å². The molecule has 10 heteroatoms. The molecule has 2 aliphatic rings. The molecule has 2 aliphatic heterocycles. The van der Waals surface area contributed by atoms with Crippen molar-refractivity contribution in [3.05, 3.63) is 29.3 Å². The summed E-state index contributed by atoms with van der Waals surface area (Å²) in [5.74, 6) is -0.304. The average molecular weight is 395 g/mol. The van der Waals surface area contributed by atoms with E-state index in [1.54, 1.807) is 12.1 Å². The van der Waals surface area contributed by atoms with Gasteiger partial charge in [0.2, 0.25) is 10.0 Å². The van der Waals surface area contributed by atoms with Crippen LogP contribution in [0, 0.1) is 0 Å². The van der Waals surface area contributed by atoms with Crippen LogP contribution in [0.5, 0.6) is 0 Å². The molecule has 1 N–H and O–H groups in total. The van der Waals surface area contributed by atoms with E-state index < -0.39 is 32.0 Å². The minimum absolute atomic E-state index is 0.0728. The molecular weight excluding hydrogens is 376 g/mol. The van der Waals surface area contributed by atoms with E-state index >= 15 is 0 Å². The molecule has 1 aromatic carbocycles. The highest BCUT2D eigenvalue weighted by Crippen LogP contribution is 2.26. The number of rotatable bonds is 3. The maximum Gasteiger partial charge on any atom is 0.244 e. The van der Waals surface area contributed by atoms with Crippen LogP contribution in [-0.2, 0) is 19.9 Å². The molecule has 0 aromatic heterocycles. The van der Waals surface area contributed by atoms with E-state index in [-0.39, 0.29) is 34.5 Å². The van der Waals surface area contributed by atoms with Crippen LogP contribution in [0.1, 0.15) is 0 Å². The van der Waals surface area contributed by atoms with Gasteiger partial charge >= 0.3 is 0 Å². The first kappa shape index (κ1) is 18.1. The molecule has 0 aliphatic carbocycles. The Labute approximate surface area is 146 Å². The number of aliphatic hydroxyl groups is 1. The van der Waals surface area contributed by atoms with Crippen LogP contribution in [-0.4, -0.2) is 81.0 Å². The maximum atomic E-state index is 12.7. The Morgan fingerprint density at radius 2 is 1.71 bits per heavy atom. The van der Waals surface area contributed by atoms with Crippen LogP contribution >= 0.6 is 11.6 Å². The molecule has 1 aromatic rings. The third kappa shape index (κ3) is 3.47. The normalized spacial score (nSPS) is 28.9. The van der Waals surface area contributed by atoms with Crippen LogP contribution in [0.3, 0.4) is 0 Å². The first-order valence-electron chi connectivity index (χ1n) is 7.58. The van der Waals surface area contributed by atoms with E-state index in [1.165, 1.54) is 16.4 Å². The van der Waals surface area contributed by atoms with E-state index in [4.69, 9.17) is 11.6 Å². The van der Waals surface area contributed by atoms with E-state index in [9.17, 15) is 21.9 Å². The van der Waals surface area contributed by atoms with E-state index in [0.717, 1.165) is 0 Å². The van der Waals surface area contributed by atoms with E-state index in [2.05, 4.69) is 0 Å². The summed E-state index contributed by atoms with van der Waals surface area (Å²) in [6, 6.07) is 5.83. The number of halogens is 1. The number of sulfone groups is 1. The van der Waals surface area contributed by atoms with Crippen LogP contribution < -0.4 is 0 Å². The van der Waals surface area contributed by atoms with Gasteiger partial charge in [0.05, 0.1) is 28.7 Å². The highest BCUT2D eigenvalue weighted by Gasteiger charge is 2.41. The number of aliphatic hydroxyl groups excluding tert-OH is 1. The van der Waals surface area contributed by atoms with E-state index in [0.29, 0.717) is 13.1 Å². The summed E-state index contributed by atoms with van der Waals surface area (Å²) in [5.41, 5.74) is 0. The summed E-state index contributed by atoms with van der Waals surface area (Å²) in [6.07, 6.45) is -0.915. The number of benzene rings is 1. The van der Waals surface area contributed by atoms with Crippen molar-refractivity contribution in [1.82, 2.24) is 9.21 Å². The van der Waals surface area contributed by atoms with Crippen LogP contribution in [0.2, 0.25) is 5.02 Å². The average Bonchev–Trinajstić information content (AvgIpc) is 2.80. The zero-order valence-electron chi connectivity index (χ0n) is 12.9. The van der Waals surface area contributed by atoms with Gasteiger partial charge in [0.1, 0.15) is 4.90 Å². The summed E-state index contributed by atoms with van der Waals surface area (Å²) in [4.78, 5) is 1.93. The predicted molar refractivity (Wildman–Crippen MR) is 90.2 cm³/mol. The molecule has 0 radical (unpaired) electrons. The molecule has 2 saturated heterocycles. The first-order chi connectivity index (χ1) is 11.2. The zero-order chi connectivity index (χ0) is 17.5. The molecule has 7 nitrogen and oxygen atoms in total. The monoisotopic (exact) mass is 394 g/mol. The Morgan fingerprint density at radius 3 is 2.25 bits per heavy atom. The first-order valence-corrected chi connectivity index (χ1v) is 11.2. The van der Waals surface area contributed by atoms with Crippen molar-refractivity contribution >= 4 is 31.5 Å². The number of hydrogen-bond donors (Lipinski definition) is 1. The summed E-state index contributed by atoms with van der Waals surface area (Å²) in [6.45, 7) is 1.22. The van der Waals surface area contributed by atoms with Crippen molar-refractivity contribution in [2.45, 2.75) is 17.0 Å². The molecule has 2 fully saturated rings. The SMILES string of the molecule is O=S1(=O)C[C@@H](O)[C@@H](N2CCN(S(=O)(=O)c3ccccc3Cl)CC2)C1. The van der Waals surface area contributed by atoms with Crippen molar-refractivity contribution in [1.29, 1.82) is 0 Å². The number of nitrogens with zero attached hydrogens (tertiary/aromatic N) is 2. The Kier molecular flexibility index (Phi) is 4.93. The second-order valence-electron chi connectivity index (χ2n) is 6.08. The standard InChI is InChI=1S/C14H19ClN2O5S2/c15-11-3-1-2-4-14(11)24(21,22)17-7-5-16(6-8-17)12-9-23(19,20)10-13(12)18/h1-4,12-13,18H,5-10H2/t12-,13+/m0/s1. The minimum atomic E-state index is -3.68. The van der Waals surface area contributed by atoms with Gasteiger partial charge in [-0.3, -0.25) is 4.90 Å². The number of piperazine rings is 1. The topological polar surface area (TPSA) is 95.0 Å². The van der Waals surface area contributed by atoms with Gasteiger partial charge in [0.15, 0.2) is 9.84 Å². The molecule has 2 atom stereocenters. The highest BCUT2D eigenvalue weighted by atomic mass is 35.5. The molecule has 0 bridgehead atoms. The lowest BCUT2D eigenvalue weighted by Crippen LogP contribution is -2.54. The molecule has 0 spiro atoms. The molecule has 0 unspecified atom stereocenters. The molecule has 2 heterocycles. The van der Waals surface area contributed by atoms with Gasteiger partial charge in [-0.1, -0.05) is 23.7 Å². The highest BCUT2D eigenvalue weighted by molar-refractivity contribution is 7.91. The Bertz CT molecular complexity index is 819. The molecule has 24 heavy (non-hydrogen) atoms. The van der Waals surface area contributed by atoms with Gasteiger partial charge in [-0.05, 0) is 12.1 Å². The predicted octanol–water partition coefficient (Wildman–Crippen LogP) is -0.196. The lowest BCUT2D eigenvalue weighted by atomic mass is 10.1. The molecular formula is C14H19ClN2O5S2. The molecule has 134 valence electrons. The van der Waals surface area contributed by atoms with Gasteiger partial charge in [0.25, 0.3) is 0 Å². The van der Waals surface area contributed by atoms with Gasteiger partial charge in [0, 0.05) is 26.2 Å². The molecule has 0 amide bonds. The van der Waals surface area contributed by atoms with Crippen LogP contribution in [0.4, 0.5) is 0 Å². The third-order valence-corrected chi connectivity index (χ3v) is 8.59. The zero-order valence-corrected chi connectivity index (χ0v) is 15.3. The van der Waals surface area contributed by atoms with Crippen molar-refractivity contribution in [3.8, 4) is 0 Å². The van der Waals surface area contributed by atoms with Gasteiger partial charge in [-0.15, -0.1) is 0 Å². The van der Waals surface area contributed by atoms with Crippen LogP contribution in [0.15, 0.2) is 29.2 Å². The fourth-order valence-corrected chi connectivity index (χ4v) is 6.98. The van der Waals surface area contributed by atoms with E-state index in [1.807, 2.05) is 4.90 Å². The fraction of sp³-hybridized carbons (Fsp3) is 0.571. The lowest BCUT2D eigenvalue weighted by molar-refractivity contribution is 0.0618. The lowest BCUT2D eigenvalue weighted by Gasteiger charge is -2.37. The van der Waals surface area contributed by atoms with Gasteiger partial charge < -0.3 is 5.11 Å². The summed E-state index contributed by atoms with van der Waals surface area (Å²) < 4.78 is 50.0. The third-order valence-electron chi connectivity index (χ3n) is 4.49. The fourth-order valence-electron chi connectivity index (χ4n) is 3.23. The Balaban J connectivity index is 1.70. The molecule has 0 saturated carbocycles. The Hall–Kier alpha value is -0.710. The van der Waals surface area contributed by atoms with Gasteiger partial charge in [-0.2, -0.15) is 4.31 Å². The second-order valence-corrected chi connectivity index (χ2v) is 10.5. The van der Waals surface area contributed by atoms with Gasteiger partial charge in [-0.25, -0.2) is 16.8 Å². The largest absolute Gasteiger partial charge is 0.390 e. The summed E-state index contributed by atoms with van der Waals surface area (Å²) in [5, 5.41) is 10.1. The minimum Gasteiger partial charge on any atom is -0.390 e. The molecule has 3 rings (SSSR count). The van der Waals surface area contributed by atoms with Crippen LogP contribution in [0.25, 0.3) is 0 Å². The number of sulfonamides is 1. The quantitative estimate of drug-likeness (QED) is 0.763. The van der Waals surface area contributed by atoms with Crippen molar-refractivity contribution < 1.29 is 21.9 Å². The number of hydrogen-bond acceptors (Lipinski definition) is 6. The Morgan fingerprint density at radius 1 is 1.08 bits per heavy atom. The summed E-state index contributed by atoms with van der Waals surface area (Å²) in [7, 11) is -6.91. The van der Waals surface area contributed by atoms with Crippen molar-refractivity contribution in [3.63, 3.8) is 0 Å². The summed E-state index contributed by atoms with van der Waals surface area (Å²) >= 11 is 5.99. The van der Waals surface area contributed by atoms with Crippen molar-refractivity contribution in [2.75, 3.05) is 37.7 Å². The smallest absolute Gasteiger partial charge is 0.244 e. The maximum absolute atomic E-state index is 12.7.